The fraction of sp³-hybridized carbons (Fsp3) is 0.471. The standard InChI is InChI=1S/C17H20BrN5O/c18-13-3-1-2-11(8-13)9-23-10-19-17(22-23)21-16(24)15-7-6-14(20-15)12-4-5-12/h1-3,8,10,12,14-15,20H,4-7,9H2,(H,21,22,24). The molecule has 2 aromatic rings. The molecule has 2 heterocycles. The Balaban J connectivity index is 1.34. The van der Waals surface area contributed by atoms with Crippen LogP contribution < -0.4 is 10.6 Å². The highest BCUT2D eigenvalue weighted by atomic mass is 79.9. The van der Waals surface area contributed by atoms with Gasteiger partial charge in [0.15, 0.2) is 0 Å². The van der Waals surface area contributed by atoms with Crippen LogP contribution in [0.15, 0.2) is 35.1 Å². The first-order valence-corrected chi connectivity index (χ1v) is 9.17. The third kappa shape index (κ3) is 3.67. The van der Waals surface area contributed by atoms with E-state index in [2.05, 4.69) is 36.6 Å². The highest BCUT2D eigenvalue weighted by molar-refractivity contribution is 9.10. The van der Waals surface area contributed by atoms with Crippen molar-refractivity contribution in [3.63, 3.8) is 0 Å². The number of aromatic nitrogens is 3. The molecule has 1 saturated heterocycles. The van der Waals surface area contributed by atoms with Crippen molar-refractivity contribution in [3.8, 4) is 0 Å². The summed E-state index contributed by atoms with van der Waals surface area (Å²) in [5.41, 5.74) is 1.12. The monoisotopic (exact) mass is 389 g/mol. The first-order chi connectivity index (χ1) is 11.7. The molecule has 2 aliphatic rings. The third-order valence-electron chi connectivity index (χ3n) is 4.69. The van der Waals surface area contributed by atoms with E-state index in [1.807, 2.05) is 24.3 Å². The molecule has 0 bridgehead atoms. The molecule has 0 radical (unpaired) electrons. The molecular weight excluding hydrogens is 370 g/mol. The van der Waals surface area contributed by atoms with Gasteiger partial charge in [0.1, 0.15) is 6.33 Å². The zero-order chi connectivity index (χ0) is 16.5. The molecule has 24 heavy (non-hydrogen) atoms. The van der Waals surface area contributed by atoms with E-state index in [1.54, 1.807) is 11.0 Å². The van der Waals surface area contributed by atoms with Crippen LogP contribution >= 0.6 is 15.9 Å². The largest absolute Gasteiger partial charge is 0.303 e. The molecule has 1 amide bonds. The van der Waals surface area contributed by atoms with Crippen molar-refractivity contribution in [2.45, 2.75) is 44.3 Å². The quantitative estimate of drug-likeness (QED) is 0.823. The van der Waals surface area contributed by atoms with Crippen molar-refractivity contribution >= 4 is 27.8 Å². The van der Waals surface area contributed by atoms with Gasteiger partial charge < -0.3 is 5.32 Å². The Kier molecular flexibility index (Phi) is 4.37. The van der Waals surface area contributed by atoms with Gasteiger partial charge in [-0.15, -0.1) is 5.10 Å². The van der Waals surface area contributed by atoms with E-state index >= 15 is 0 Å². The van der Waals surface area contributed by atoms with Gasteiger partial charge in [-0.2, -0.15) is 0 Å². The van der Waals surface area contributed by atoms with Crippen LogP contribution in [0.5, 0.6) is 0 Å². The van der Waals surface area contributed by atoms with Gasteiger partial charge in [-0.3, -0.25) is 10.1 Å². The van der Waals surface area contributed by atoms with E-state index < -0.39 is 0 Å². The molecule has 1 aromatic heterocycles. The maximum Gasteiger partial charge on any atom is 0.248 e. The van der Waals surface area contributed by atoms with Crippen LogP contribution in [-0.4, -0.2) is 32.8 Å². The van der Waals surface area contributed by atoms with Gasteiger partial charge in [-0.05, 0) is 49.3 Å². The molecule has 6 nitrogen and oxygen atoms in total. The molecule has 2 N–H and O–H groups in total. The van der Waals surface area contributed by atoms with E-state index in [-0.39, 0.29) is 11.9 Å². The predicted molar refractivity (Wildman–Crippen MR) is 94.6 cm³/mol. The van der Waals surface area contributed by atoms with Gasteiger partial charge in [0.05, 0.1) is 12.6 Å². The molecule has 2 atom stereocenters. The first-order valence-electron chi connectivity index (χ1n) is 8.38. The summed E-state index contributed by atoms with van der Waals surface area (Å²) >= 11 is 3.46. The molecule has 2 unspecified atom stereocenters. The maximum absolute atomic E-state index is 12.3. The van der Waals surface area contributed by atoms with Crippen LogP contribution in [-0.2, 0) is 11.3 Å². The van der Waals surface area contributed by atoms with Crippen LogP contribution in [0.25, 0.3) is 0 Å². The lowest BCUT2D eigenvalue weighted by molar-refractivity contribution is -0.117. The number of rotatable bonds is 5. The lowest BCUT2D eigenvalue weighted by atomic mass is 10.1. The third-order valence-corrected chi connectivity index (χ3v) is 5.19. The van der Waals surface area contributed by atoms with E-state index in [9.17, 15) is 4.79 Å². The minimum absolute atomic E-state index is 0.0293. The van der Waals surface area contributed by atoms with Crippen molar-refractivity contribution < 1.29 is 4.79 Å². The molecule has 1 aliphatic carbocycles. The van der Waals surface area contributed by atoms with E-state index in [4.69, 9.17) is 0 Å². The second kappa shape index (κ2) is 6.64. The van der Waals surface area contributed by atoms with Gasteiger partial charge in [-0.1, -0.05) is 28.1 Å². The molecule has 1 aliphatic heterocycles. The predicted octanol–water partition coefficient (Wildman–Crippen LogP) is 2.56. The van der Waals surface area contributed by atoms with Crippen molar-refractivity contribution in [3.05, 3.63) is 40.6 Å². The van der Waals surface area contributed by atoms with Crippen molar-refractivity contribution in [2.75, 3.05) is 5.32 Å². The van der Waals surface area contributed by atoms with E-state index in [0.717, 1.165) is 28.8 Å². The van der Waals surface area contributed by atoms with Crippen LogP contribution in [0.1, 0.15) is 31.2 Å². The normalized spacial score (nSPS) is 23.4. The van der Waals surface area contributed by atoms with E-state index in [0.29, 0.717) is 18.5 Å². The highest BCUT2D eigenvalue weighted by Gasteiger charge is 2.38. The van der Waals surface area contributed by atoms with Crippen LogP contribution in [0.3, 0.4) is 0 Å². The zero-order valence-corrected chi connectivity index (χ0v) is 14.9. The molecule has 7 heteroatoms. The summed E-state index contributed by atoms with van der Waals surface area (Å²) in [5.74, 6) is 1.12. The number of amides is 1. The van der Waals surface area contributed by atoms with E-state index in [1.165, 1.54) is 12.8 Å². The second-order valence-corrected chi connectivity index (χ2v) is 7.54. The number of nitrogens with one attached hydrogen (secondary N) is 2. The number of benzene rings is 1. The van der Waals surface area contributed by atoms with Crippen LogP contribution in [0.4, 0.5) is 5.95 Å². The highest BCUT2D eigenvalue weighted by Crippen LogP contribution is 2.37. The summed E-state index contributed by atoms with van der Waals surface area (Å²) in [5, 5.41) is 10.6. The topological polar surface area (TPSA) is 71.8 Å². The molecule has 2 fully saturated rings. The number of nitrogens with zero attached hydrogens (tertiary/aromatic N) is 3. The number of halogens is 1. The van der Waals surface area contributed by atoms with Crippen molar-refractivity contribution in [1.82, 2.24) is 20.1 Å². The summed E-state index contributed by atoms with van der Waals surface area (Å²) in [6, 6.07) is 8.45. The minimum Gasteiger partial charge on any atom is -0.303 e. The Morgan fingerprint density at radius 1 is 1.33 bits per heavy atom. The molecule has 4 rings (SSSR count). The van der Waals surface area contributed by atoms with Gasteiger partial charge in [0, 0.05) is 10.5 Å². The van der Waals surface area contributed by atoms with Crippen LogP contribution in [0, 0.1) is 5.92 Å². The molecule has 126 valence electrons. The lowest BCUT2D eigenvalue weighted by Crippen LogP contribution is -2.39. The first kappa shape index (κ1) is 15.8. The summed E-state index contributed by atoms with van der Waals surface area (Å²) in [6.07, 6.45) is 6.23. The molecule has 1 aromatic carbocycles. The Hall–Kier alpha value is -1.73. The minimum atomic E-state index is -0.118. The zero-order valence-electron chi connectivity index (χ0n) is 13.3. The number of hydrogen-bond donors (Lipinski definition) is 2. The van der Waals surface area contributed by atoms with Gasteiger partial charge in [-0.25, -0.2) is 9.67 Å². The molecule has 1 saturated carbocycles. The second-order valence-electron chi connectivity index (χ2n) is 6.63. The van der Waals surface area contributed by atoms with Gasteiger partial charge >= 0.3 is 0 Å². The average Bonchev–Trinajstić information content (AvgIpc) is 3.12. The summed E-state index contributed by atoms with van der Waals surface area (Å²) in [4.78, 5) is 16.5. The Morgan fingerprint density at radius 2 is 2.21 bits per heavy atom. The lowest BCUT2D eigenvalue weighted by Gasteiger charge is -2.12. The summed E-state index contributed by atoms with van der Waals surface area (Å²) < 4.78 is 2.76. The Bertz CT molecular complexity index is 742. The van der Waals surface area contributed by atoms with Crippen molar-refractivity contribution in [2.24, 2.45) is 5.92 Å². The van der Waals surface area contributed by atoms with Crippen LogP contribution in [0.2, 0.25) is 0 Å². The molecule has 0 spiro atoms. The number of carbonyl (C=O) groups excluding carboxylic acids is 1. The Morgan fingerprint density at radius 3 is 3.00 bits per heavy atom. The fourth-order valence-corrected chi connectivity index (χ4v) is 3.74. The number of anilines is 1. The number of carbonyl (C=O) groups is 1. The average molecular weight is 390 g/mol. The number of hydrogen-bond acceptors (Lipinski definition) is 4. The Labute approximate surface area is 149 Å². The fourth-order valence-electron chi connectivity index (χ4n) is 3.30. The SMILES string of the molecule is O=C(Nc1ncn(Cc2cccc(Br)c2)n1)C1CCC(C2CC2)N1. The smallest absolute Gasteiger partial charge is 0.248 e. The van der Waals surface area contributed by atoms with Crippen molar-refractivity contribution in [1.29, 1.82) is 0 Å². The maximum atomic E-state index is 12.3. The summed E-state index contributed by atoms with van der Waals surface area (Å²) in [6.45, 7) is 0.619. The summed E-state index contributed by atoms with van der Waals surface area (Å²) in [7, 11) is 0. The molecular formula is C17H20BrN5O. The van der Waals surface area contributed by atoms with Gasteiger partial charge in [0.2, 0.25) is 11.9 Å². The van der Waals surface area contributed by atoms with Gasteiger partial charge in [0.25, 0.3) is 0 Å².